The van der Waals surface area contributed by atoms with Gasteiger partial charge in [-0.1, -0.05) is 13.0 Å². The maximum atomic E-state index is 12.9. The monoisotopic (exact) mass is 520 g/mol. The van der Waals surface area contributed by atoms with E-state index in [4.69, 9.17) is 12.2 Å². The fourth-order valence-electron chi connectivity index (χ4n) is 3.28. The first-order chi connectivity index (χ1) is 17.2. The van der Waals surface area contributed by atoms with Gasteiger partial charge in [0.2, 0.25) is 11.8 Å². The Kier molecular flexibility index (Phi) is 9.61. The summed E-state index contributed by atoms with van der Waals surface area (Å²) in [5.41, 5.74) is 3.54. The first-order valence-electron chi connectivity index (χ1n) is 11.4. The standard InChI is InChI=1S/C27H28N4O3S2/c1-4-25(26(34)29-21-14-12-20(13-15-21)28-18(3)33)36-24-7-5-6-23(16-24)31-27(35)30-22-10-8-19(9-11-22)17(2)32/h5-16,25H,4H2,1-3H3,(H,28,33)(H,29,34)(H2,30,31,35). The normalized spacial score (nSPS) is 11.2. The molecule has 0 saturated heterocycles. The number of benzene rings is 3. The van der Waals surface area contributed by atoms with Crippen molar-refractivity contribution in [2.45, 2.75) is 37.3 Å². The molecule has 0 heterocycles. The van der Waals surface area contributed by atoms with Crippen LogP contribution in [0.15, 0.2) is 77.7 Å². The van der Waals surface area contributed by atoms with E-state index in [9.17, 15) is 14.4 Å². The number of thiocarbonyl (C=S) groups is 1. The molecule has 9 heteroatoms. The summed E-state index contributed by atoms with van der Waals surface area (Å²) in [5.74, 6) is -0.236. The van der Waals surface area contributed by atoms with Crippen LogP contribution in [0.5, 0.6) is 0 Å². The van der Waals surface area contributed by atoms with Crippen LogP contribution in [0.3, 0.4) is 0 Å². The van der Waals surface area contributed by atoms with Gasteiger partial charge < -0.3 is 21.3 Å². The average molecular weight is 521 g/mol. The van der Waals surface area contributed by atoms with Gasteiger partial charge in [0.15, 0.2) is 10.9 Å². The van der Waals surface area contributed by atoms with E-state index in [1.165, 1.54) is 25.6 Å². The minimum atomic E-state index is -0.292. The van der Waals surface area contributed by atoms with Crippen molar-refractivity contribution in [1.82, 2.24) is 0 Å². The topological polar surface area (TPSA) is 99.3 Å². The van der Waals surface area contributed by atoms with Crippen LogP contribution in [0.1, 0.15) is 37.6 Å². The molecular weight excluding hydrogens is 492 g/mol. The number of amides is 2. The van der Waals surface area contributed by atoms with Crippen molar-refractivity contribution in [3.8, 4) is 0 Å². The van der Waals surface area contributed by atoms with Crippen molar-refractivity contribution in [2.75, 3.05) is 21.3 Å². The molecular formula is C27H28N4O3S2. The predicted molar refractivity (Wildman–Crippen MR) is 152 cm³/mol. The zero-order valence-corrected chi connectivity index (χ0v) is 21.9. The Morgan fingerprint density at radius 3 is 1.92 bits per heavy atom. The van der Waals surface area contributed by atoms with Gasteiger partial charge in [-0.2, -0.15) is 0 Å². The number of thioether (sulfide) groups is 1. The smallest absolute Gasteiger partial charge is 0.237 e. The summed E-state index contributed by atoms with van der Waals surface area (Å²) >= 11 is 6.89. The lowest BCUT2D eigenvalue weighted by molar-refractivity contribution is -0.116. The van der Waals surface area contributed by atoms with Crippen LogP contribution >= 0.6 is 24.0 Å². The van der Waals surface area contributed by atoms with Gasteiger partial charge in [0.1, 0.15) is 0 Å². The van der Waals surface area contributed by atoms with E-state index in [1.807, 2.05) is 31.2 Å². The summed E-state index contributed by atoms with van der Waals surface area (Å²) in [7, 11) is 0. The van der Waals surface area contributed by atoms with E-state index >= 15 is 0 Å². The van der Waals surface area contributed by atoms with Gasteiger partial charge in [0, 0.05) is 40.1 Å². The second kappa shape index (κ2) is 12.9. The summed E-state index contributed by atoms with van der Waals surface area (Å²) in [6.45, 7) is 4.94. The quantitative estimate of drug-likeness (QED) is 0.152. The molecule has 0 fully saturated rings. The first kappa shape index (κ1) is 26.9. The molecule has 0 aliphatic heterocycles. The summed E-state index contributed by atoms with van der Waals surface area (Å²) in [5, 5.41) is 12.0. The number of ketones is 1. The maximum absolute atomic E-state index is 12.9. The summed E-state index contributed by atoms with van der Waals surface area (Å²) in [6.07, 6.45) is 0.647. The maximum Gasteiger partial charge on any atom is 0.237 e. The van der Waals surface area contributed by atoms with E-state index in [-0.39, 0.29) is 22.8 Å². The SMILES string of the molecule is CCC(Sc1cccc(NC(=S)Nc2ccc(C(C)=O)cc2)c1)C(=O)Nc1ccc(NC(C)=O)cc1. The molecule has 3 aromatic carbocycles. The highest BCUT2D eigenvalue weighted by Gasteiger charge is 2.18. The van der Waals surface area contributed by atoms with Crippen molar-refractivity contribution in [1.29, 1.82) is 0 Å². The molecule has 0 aromatic heterocycles. The highest BCUT2D eigenvalue weighted by molar-refractivity contribution is 8.00. The molecule has 0 radical (unpaired) electrons. The molecule has 0 aliphatic carbocycles. The van der Waals surface area contributed by atoms with Crippen molar-refractivity contribution >= 4 is 69.4 Å². The fraction of sp³-hybridized carbons (Fsp3) is 0.185. The van der Waals surface area contributed by atoms with Gasteiger partial charge in [0.25, 0.3) is 0 Å². The van der Waals surface area contributed by atoms with Crippen LogP contribution < -0.4 is 21.3 Å². The number of nitrogens with one attached hydrogen (secondary N) is 4. The third kappa shape index (κ3) is 8.21. The van der Waals surface area contributed by atoms with Crippen molar-refractivity contribution in [2.24, 2.45) is 0 Å². The Labute approximate surface area is 220 Å². The van der Waals surface area contributed by atoms with Crippen LogP contribution in [0.4, 0.5) is 22.7 Å². The van der Waals surface area contributed by atoms with Crippen LogP contribution in [0.25, 0.3) is 0 Å². The molecule has 0 saturated carbocycles. The Morgan fingerprint density at radius 1 is 0.778 bits per heavy atom. The number of carbonyl (C=O) groups excluding carboxylic acids is 3. The van der Waals surface area contributed by atoms with E-state index < -0.39 is 0 Å². The van der Waals surface area contributed by atoms with Crippen LogP contribution in [0.2, 0.25) is 0 Å². The number of anilines is 4. The zero-order valence-electron chi connectivity index (χ0n) is 20.3. The molecule has 0 aliphatic rings. The van der Waals surface area contributed by atoms with Gasteiger partial charge in [-0.15, -0.1) is 11.8 Å². The van der Waals surface area contributed by atoms with E-state index in [1.54, 1.807) is 48.5 Å². The van der Waals surface area contributed by atoms with Crippen molar-refractivity contribution < 1.29 is 14.4 Å². The van der Waals surface area contributed by atoms with Gasteiger partial charge in [0.05, 0.1) is 5.25 Å². The van der Waals surface area contributed by atoms with Crippen molar-refractivity contribution in [3.63, 3.8) is 0 Å². The summed E-state index contributed by atoms with van der Waals surface area (Å²) in [6, 6.07) is 21.8. The molecule has 7 nitrogen and oxygen atoms in total. The number of Topliss-reactive ketones (excluding diaryl/α,β-unsaturated/α-hetero) is 1. The first-order valence-corrected chi connectivity index (χ1v) is 12.7. The fourth-order valence-corrected chi connectivity index (χ4v) is 4.53. The van der Waals surface area contributed by atoms with Crippen LogP contribution in [0, 0.1) is 0 Å². The zero-order chi connectivity index (χ0) is 26.1. The van der Waals surface area contributed by atoms with Gasteiger partial charge in [-0.25, -0.2) is 0 Å². The highest BCUT2D eigenvalue weighted by atomic mass is 32.2. The molecule has 1 atom stereocenters. The van der Waals surface area contributed by atoms with Gasteiger partial charge in [-0.3, -0.25) is 14.4 Å². The minimum Gasteiger partial charge on any atom is -0.332 e. The highest BCUT2D eigenvalue weighted by Crippen LogP contribution is 2.29. The van der Waals surface area contributed by atoms with Gasteiger partial charge >= 0.3 is 0 Å². The summed E-state index contributed by atoms with van der Waals surface area (Å²) in [4.78, 5) is 36.4. The summed E-state index contributed by atoms with van der Waals surface area (Å²) < 4.78 is 0. The van der Waals surface area contributed by atoms with Gasteiger partial charge in [-0.05, 0) is 92.3 Å². The molecule has 2 amide bonds. The molecule has 0 spiro atoms. The number of rotatable bonds is 9. The van der Waals surface area contributed by atoms with E-state index in [0.717, 1.165) is 16.3 Å². The third-order valence-corrected chi connectivity index (χ3v) is 6.62. The second-order valence-electron chi connectivity index (χ2n) is 8.00. The Bertz CT molecular complexity index is 1240. The predicted octanol–water partition coefficient (Wildman–Crippen LogP) is 6.17. The lowest BCUT2D eigenvalue weighted by Gasteiger charge is -2.16. The Balaban J connectivity index is 1.57. The second-order valence-corrected chi connectivity index (χ2v) is 9.69. The van der Waals surface area contributed by atoms with E-state index in [2.05, 4.69) is 21.3 Å². The largest absolute Gasteiger partial charge is 0.332 e. The number of hydrogen-bond donors (Lipinski definition) is 4. The third-order valence-electron chi connectivity index (χ3n) is 5.06. The number of carbonyl (C=O) groups is 3. The molecule has 0 bridgehead atoms. The molecule has 1 unspecified atom stereocenters. The van der Waals surface area contributed by atoms with Crippen LogP contribution in [-0.4, -0.2) is 28.0 Å². The van der Waals surface area contributed by atoms with Crippen LogP contribution in [-0.2, 0) is 9.59 Å². The Hall–Kier alpha value is -3.69. The molecule has 3 aromatic rings. The lowest BCUT2D eigenvalue weighted by atomic mass is 10.1. The number of hydrogen-bond acceptors (Lipinski definition) is 5. The minimum absolute atomic E-state index is 0.00972. The van der Waals surface area contributed by atoms with E-state index in [0.29, 0.717) is 28.5 Å². The molecule has 3 rings (SSSR count). The molecule has 4 N–H and O–H groups in total. The average Bonchev–Trinajstić information content (AvgIpc) is 2.84. The molecule has 36 heavy (non-hydrogen) atoms. The lowest BCUT2D eigenvalue weighted by Crippen LogP contribution is -2.24. The molecule has 186 valence electrons. The van der Waals surface area contributed by atoms with Crippen molar-refractivity contribution in [3.05, 3.63) is 78.4 Å². The Morgan fingerprint density at radius 2 is 1.33 bits per heavy atom.